The number of aliphatic hydroxyl groups excluding tert-OH is 1. The maximum atomic E-state index is 13.5. The van der Waals surface area contributed by atoms with Gasteiger partial charge >= 0.3 is 5.97 Å². The van der Waals surface area contributed by atoms with Gasteiger partial charge in [-0.1, -0.05) is 32.0 Å². The number of benzene rings is 2. The van der Waals surface area contributed by atoms with Gasteiger partial charge in [0, 0.05) is 12.2 Å². The Hall–Kier alpha value is -2.86. The van der Waals surface area contributed by atoms with Crippen molar-refractivity contribution in [3.63, 3.8) is 0 Å². The molecule has 27 heavy (non-hydrogen) atoms. The monoisotopic (exact) mass is 366 g/mol. The molecule has 0 saturated heterocycles. The Morgan fingerprint density at radius 1 is 1.22 bits per heavy atom. The fourth-order valence-electron chi connectivity index (χ4n) is 4.31. The third-order valence-electron chi connectivity index (χ3n) is 5.77. The molecule has 0 radical (unpaired) electrons. The molecule has 1 unspecified atom stereocenters. The average Bonchev–Trinajstić information content (AvgIpc) is 3.14. The molecule has 1 spiro atoms. The highest BCUT2D eigenvalue weighted by Gasteiger charge is 2.71. The molecule has 3 N–H and O–H groups in total. The SMILES string of the molecule is CC1(C)CC12C(=O)N(c1cc(NCCO)cc(C(=O)O)c1)c1ccccc12. The number of carbonyl (C=O) groups is 2. The Morgan fingerprint density at radius 2 is 1.93 bits per heavy atom. The number of carbonyl (C=O) groups excluding carboxylic acids is 1. The smallest absolute Gasteiger partial charge is 0.335 e. The molecule has 1 aliphatic carbocycles. The molecule has 6 heteroatoms. The molecule has 140 valence electrons. The first-order chi connectivity index (χ1) is 12.8. The lowest BCUT2D eigenvalue weighted by Gasteiger charge is -2.21. The van der Waals surface area contributed by atoms with Gasteiger partial charge in [-0.15, -0.1) is 0 Å². The van der Waals surface area contributed by atoms with E-state index in [0.29, 0.717) is 17.9 Å². The summed E-state index contributed by atoms with van der Waals surface area (Å²) in [7, 11) is 0. The number of amides is 1. The highest BCUT2D eigenvalue weighted by atomic mass is 16.4. The van der Waals surface area contributed by atoms with Crippen LogP contribution in [0.15, 0.2) is 42.5 Å². The van der Waals surface area contributed by atoms with Crippen LogP contribution in [0.4, 0.5) is 17.1 Å². The Morgan fingerprint density at radius 3 is 2.56 bits per heavy atom. The van der Waals surface area contributed by atoms with E-state index >= 15 is 0 Å². The number of rotatable bonds is 5. The van der Waals surface area contributed by atoms with E-state index in [9.17, 15) is 14.7 Å². The van der Waals surface area contributed by atoms with Crippen molar-refractivity contribution in [2.45, 2.75) is 25.7 Å². The number of aliphatic hydroxyl groups is 1. The van der Waals surface area contributed by atoms with Crippen LogP contribution in [-0.2, 0) is 10.2 Å². The van der Waals surface area contributed by atoms with Crippen LogP contribution < -0.4 is 10.2 Å². The maximum absolute atomic E-state index is 13.5. The van der Waals surface area contributed by atoms with E-state index in [1.54, 1.807) is 11.0 Å². The van der Waals surface area contributed by atoms with Crippen molar-refractivity contribution >= 4 is 28.9 Å². The highest BCUT2D eigenvalue weighted by molar-refractivity contribution is 6.16. The molecule has 4 rings (SSSR count). The van der Waals surface area contributed by atoms with E-state index in [-0.39, 0.29) is 23.5 Å². The van der Waals surface area contributed by atoms with Crippen molar-refractivity contribution < 1.29 is 19.8 Å². The molecule has 1 aliphatic heterocycles. The van der Waals surface area contributed by atoms with Gasteiger partial charge in [0.05, 0.1) is 29.0 Å². The molecule has 1 saturated carbocycles. The molecule has 0 aromatic heterocycles. The number of fused-ring (bicyclic) bond motifs is 2. The molecule has 2 aromatic rings. The van der Waals surface area contributed by atoms with E-state index in [0.717, 1.165) is 17.7 Å². The number of para-hydroxylation sites is 1. The maximum Gasteiger partial charge on any atom is 0.335 e. The summed E-state index contributed by atoms with van der Waals surface area (Å²) < 4.78 is 0. The third kappa shape index (κ3) is 2.44. The van der Waals surface area contributed by atoms with Gasteiger partial charge < -0.3 is 15.5 Å². The number of carboxylic acids is 1. The molecular weight excluding hydrogens is 344 g/mol. The first-order valence-electron chi connectivity index (χ1n) is 8.99. The number of hydrogen-bond acceptors (Lipinski definition) is 4. The van der Waals surface area contributed by atoms with Crippen LogP contribution in [0.5, 0.6) is 0 Å². The molecule has 2 aromatic carbocycles. The zero-order valence-electron chi connectivity index (χ0n) is 15.3. The fourth-order valence-corrected chi connectivity index (χ4v) is 4.31. The minimum absolute atomic E-state index is 0.00986. The molecule has 6 nitrogen and oxygen atoms in total. The van der Waals surface area contributed by atoms with Crippen molar-refractivity contribution in [2.75, 3.05) is 23.4 Å². The summed E-state index contributed by atoms with van der Waals surface area (Å²) in [4.78, 5) is 26.7. The molecule has 1 atom stereocenters. The van der Waals surface area contributed by atoms with Crippen LogP contribution in [0.3, 0.4) is 0 Å². The normalized spacial score (nSPS) is 22.0. The zero-order valence-corrected chi connectivity index (χ0v) is 15.3. The average molecular weight is 366 g/mol. The van der Waals surface area contributed by atoms with Gasteiger partial charge in [-0.2, -0.15) is 0 Å². The largest absolute Gasteiger partial charge is 0.478 e. The van der Waals surface area contributed by atoms with Crippen LogP contribution >= 0.6 is 0 Å². The zero-order chi connectivity index (χ0) is 19.4. The summed E-state index contributed by atoms with van der Waals surface area (Å²) in [6.45, 7) is 4.40. The minimum atomic E-state index is -1.06. The van der Waals surface area contributed by atoms with Gasteiger partial charge in [-0.3, -0.25) is 9.69 Å². The topological polar surface area (TPSA) is 89.9 Å². The van der Waals surface area contributed by atoms with Gasteiger partial charge in [0.25, 0.3) is 0 Å². The molecule has 1 heterocycles. The lowest BCUT2D eigenvalue weighted by Crippen LogP contribution is -2.31. The van der Waals surface area contributed by atoms with Crippen molar-refractivity contribution in [3.05, 3.63) is 53.6 Å². The Kier molecular flexibility index (Phi) is 3.78. The van der Waals surface area contributed by atoms with Crippen molar-refractivity contribution in [1.29, 1.82) is 0 Å². The van der Waals surface area contributed by atoms with Gasteiger partial charge in [0.1, 0.15) is 0 Å². The van der Waals surface area contributed by atoms with E-state index in [4.69, 9.17) is 5.11 Å². The van der Waals surface area contributed by atoms with E-state index < -0.39 is 11.4 Å². The third-order valence-corrected chi connectivity index (χ3v) is 5.77. The van der Waals surface area contributed by atoms with Gasteiger partial charge in [-0.25, -0.2) is 4.79 Å². The van der Waals surface area contributed by atoms with Crippen LogP contribution in [0, 0.1) is 5.41 Å². The molecular formula is C21H22N2O4. The van der Waals surface area contributed by atoms with E-state index in [1.807, 2.05) is 24.3 Å². The number of nitrogens with zero attached hydrogens (tertiary/aromatic N) is 1. The number of carboxylic acid groups (broad SMARTS) is 1. The number of aromatic carboxylic acids is 1. The molecule has 1 amide bonds. The minimum Gasteiger partial charge on any atom is -0.478 e. The number of anilines is 3. The summed E-state index contributed by atoms with van der Waals surface area (Å²) >= 11 is 0. The first kappa shape index (κ1) is 17.5. The quantitative estimate of drug-likeness (QED) is 0.756. The Labute approximate surface area is 157 Å². The fraction of sp³-hybridized carbons (Fsp3) is 0.333. The second-order valence-corrected chi connectivity index (χ2v) is 7.85. The van der Waals surface area contributed by atoms with Crippen molar-refractivity contribution in [3.8, 4) is 0 Å². The van der Waals surface area contributed by atoms with Gasteiger partial charge in [-0.05, 0) is 41.7 Å². The van der Waals surface area contributed by atoms with Crippen LogP contribution in [0.25, 0.3) is 0 Å². The summed E-state index contributed by atoms with van der Waals surface area (Å²) in [6, 6.07) is 12.5. The lowest BCUT2D eigenvalue weighted by molar-refractivity contribution is -0.120. The Balaban J connectivity index is 1.85. The van der Waals surface area contributed by atoms with Gasteiger partial charge in [0.2, 0.25) is 5.91 Å². The van der Waals surface area contributed by atoms with Crippen LogP contribution in [-0.4, -0.2) is 35.2 Å². The summed E-state index contributed by atoms with van der Waals surface area (Å²) in [5.41, 5.74) is 2.31. The standard InChI is InChI=1S/C21H22N2O4/c1-20(2)12-21(20)16-5-3-4-6-17(16)23(19(21)27)15-10-13(18(25)26)9-14(11-15)22-7-8-24/h3-6,9-11,22,24H,7-8,12H2,1-2H3,(H,25,26). The second-order valence-electron chi connectivity index (χ2n) is 7.85. The number of hydrogen-bond donors (Lipinski definition) is 3. The van der Waals surface area contributed by atoms with E-state index in [1.165, 1.54) is 12.1 Å². The summed E-state index contributed by atoms with van der Waals surface area (Å²) in [5, 5.41) is 21.5. The molecule has 0 bridgehead atoms. The summed E-state index contributed by atoms with van der Waals surface area (Å²) in [5.74, 6) is -1.07. The summed E-state index contributed by atoms with van der Waals surface area (Å²) in [6.07, 6.45) is 0.778. The number of nitrogens with one attached hydrogen (secondary N) is 1. The van der Waals surface area contributed by atoms with Gasteiger partial charge in [0.15, 0.2) is 0 Å². The first-order valence-corrected chi connectivity index (χ1v) is 8.99. The highest BCUT2D eigenvalue weighted by Crippen LogP contribution is 2.70. The van der Waals surface area contributed by atoms with Crippen LogP contribution in [0.2, 0.25) is 0 Å². The predicted molar refractivity (Wildman–Crippen MR) is 103 cm³/mol. The van der Waals surface area contributed by atoms with Crippen molar-refractivity contribution in [2.24, 2.45) is 5.41 Å². The predicted octanol–water partition coefficient (Wildman–Crippen LogP) is 3.14. The molecule has 1 fully saturated rings. The van der Waals surface area contributed by atoms with E-state index in [2.05, 4.69) is 19.2 Å². The van der Waals surface area contributed by atoms with Crippen LogP contribution in [0.1, 0.15) is 36.2 Å². The van der Waals surface area contributed by atoms with Crippen molar-refractivity contribution in [1.82, 2.24) is 0 Å². The Bertz CT molecular complexity index is 953. The second kappa shape index (κ2) is 5.82. The lowest BCUT2D eigenvalue weighted by atomic mass is 9.89. The molecule has 2 aliphatic rings.